The quantitative estimate of drug-likeness (QED) is 0.532. The molecule has 1 heterocycles. The van der Waals surface area contributed by atoms with E-state index >= 15 is 0 Å². The molecule has 0 aromatic heterocycles. The highest BCUT2D eigenvalue weighted by Gasteiger charge is 2.31. The van der Waals surface area contributed by atoms with E-state index in [0.29, 0.717) is 31.5 Å². The summed E-state index contributed by atoms with van der Waals surface area (Å²) < 4.78 is 24.1. The number of carbonyl (C=O) groups excluding carboxylic acids is 2. The number of carbonyl (C=O) groups is 2. The Morgan fingerprint density at radius 3 is 2.17 bits per heavy atom. The smallest absolute Gasteiger partial charge is 0.250 e. The van der Waals surface area contributed by atoms with Gasteiger partial charge < -0.3 is 22.5 Å². The van der Waals surface area contributed by atoms with Crippen molar-refractivity contribution >= 4 is 27.3 Å². The van der Waals surface area contributed by atoms with E-state index in [1.165, 1.54) is 0 Å². The summed E-state index contributed by atoms with van der Waals surface area (Å²) in [5, 5.41) is 3.17. The predicted molar refractivity (Wildman–Crippen MR) is 85.8 cm³/mol. The van der Waals surface area contributed by atoms with Crippen LogP contribution in [0.3, 0.4) is 0 Å². The molecule has 1 aliphatic heterocycles. The van der Waals surface area contributed by atoms with Crippen LogP contribution < -0.4 is 22.5 Å². The van der Waals surface area contributed by atoms with Crippen molar-refractivity contribution in [2.24, 2.45) is 11.5 Å². The van der Waals surface area contributed by atoms with Gasteiger partial charge in [-0.05, 0) is 43.5 Å². The third-order valence-corrected chi connectivity index (χ3v) is 5.15. The molecular weight excluding hydrogens is 320 g/mol. The highest BCUT2D eigenvalue weighted by Crippen LogP contribution is 2.37. The molecule has 1 aromatic carbocycles. The van der Waals surface area contributed by atoms with Crippen molar-refractivity contribution in [1.29, 1.82) is 0 Å². The Bertz CT molecular complexity index is 767. The Balaban J connectivity index is 2.87. The van der Waals surface area contributed by atoms with E-state index in [1.54, 1.807) is 0 Å². The van der Waals surface area contributed by atoms with Gasteiger partial charge in [0.05, 0.1) is 16.0 Å². The molecular formula is C14H20N4O4S. The normalized spacial score (nSPS) is 16.2. The predicted octanol–water partition coefficient (Wildman–Crippen LogP) is -0.663. The van der Waals surface area contributed by atoms with Crippen LogP contribution >= 0.6 is 0 Å². The Morgan fingerprint density at radius 1 is 1.17 bits per heavy atom. The number of amides is 2. The largest absolute Gasteiger partial charge is 0.398 e. The third kappa shape index (κ3) is 3.30. The molecule has 1 aromatic rings. The third-order valence-electron chi connectivity index (χ3n) is 4.03. The number of primary amides is 2. The zero-order valence-corrected chi connectivity index (χ0v) is 13.6. The van der Waals surface area contributed by atoms with Crippen LogP contribution in [-0.2, 0) is 9.84 Å². The molecule has 1 saturated heterocycles. The van der Waals surface area contributed by atoms with Gasteiger partial charge in [-0.25, -0.2) is 8.42 Å². The molecule has 0 aliphatic carbocycles. The fourth-order valence-corrected chi connectivity index (χ4v) is 3.89. The first kappa shape index (κ1) is 17.2. The minimum absolute atomic E-state index is 0.0330. The van der Waals surface area contributed by atoms with Gasteiger partial charge in [-0.2, -0.15) is 0 Å². The summed E-state index contributed by atoms with van der Waals surface area (Å²) in [6.45, 7) is 1.38. The lowest BCUT2D eigenvalue weighted by Crippen LogP contribution is -2.30. The second-order valence-electron chi connectivity index (χ2n) is 5.65. The number of rotatable bonds is 4. The van der Waals surface area contributed by atoms with E-state index in [-0.39, 0.29) is 27.6 Å². The minimum atomic E-state index is -3.79. The van der Waals surface area contributed by atoms with Crippen LogP contribution in [-0.4, -0.2) is 39.6 Å². The standard InChI is InChI=1S/C14H20N4O4S/c1-23(21,22)9-6-8(13(16)19)12(15)10(11(9)14(17)20)7-2-4-18-5-3-7/h6-7,18H,2-5,15H2,1H3,(H2,16,19)(H2,17,20). The molecule has 9 heteroatoms. The lowest BCUT2D eigenvalue weighted by molar-refractivity contribution is 0.0985. The maximum Gasteiger partial charge on any atom is 0.250 e. The van der Waals surface area contributed by atoms with E-state index in [2.05, 4.69) is 5.32 Å². The number of piperidine rings is 1. The second-order valence-corrected chi connectivity index (χ2v) is 7.63. The van der Waals surface area contributed by atoms with Gasteiger partial charge in [-0.1, -0.05) is 0 Å². The number of nitrogen functional groups attached to an aromatic ring is 1. The summed E-state index contributed by atoms with van der Waals surface area (Å²) in [5.74, 6) is -1.90. The number of nitrogens with one attached hydrogen (secondary N) is 1. The fraction of sp³-hybridized carbons (Fsp3) is 0.429. The Morgan fingerprint density at radius 2 is 1.74 bits per heavy atom. The van der Waals surface area contributed by atoms with E-state index < -0.39 is 21.7 Å². The second kappa shape index (κ2) is 6.17. The molecule has 0 atom stereocenters. The molecule has 23 heavy (non-hydrogen) atoms. The molecule has 126 valence electrons. The van der Waals surface area contributed by atoms with Gasteiger partial charge in [0.1, 0.15) is 0 Å². The number of benzene rings is 1. The summed E-state index contributed by atoms with van der Waals surface area (Å²) in [6.07, 6.45) is 2.24. The van der Waals surface area contributed by atoms with Crippen molar-refractivity contribution in [2.45, 2.75) is 23.7 Å². The lowest BCUT2D eigenvalue weighted by Gasteiger charge is -2.27. The minimum Gasteiger partial charge on any atom is -0.398 e. The molecule has 0 spiro atoms. The van der Waals surface area contributed by atoms with Gasteiger partial charge in [0.2, 0.25) is 5.91 Å². The molecule has 2 amide bonds. The van der Waals surface area contributed by atoms with Crippen LogP contribution in [0.2, 0.25) is 0 Å². The van der Waals surface area contributed by atoms with Crippen molar-refractivity contribution in [3.63, 3.8) is 0 Å². The molecule has 7 N–H and O–H groups in total. The molecule has 1 aliphatic rings. The van der Waals surface area contributed by atoms with Crippen molar-refractivity contribution in [2.75, 3.05) is 25.1 Å². The van der Waals surface area contributed by atoms with Crippen molar-refractivity contribution in [1.82, 2.24) is 5.32 Å². The molecule has 0 bridgehead atoms. The number of sulfone groups is 1. The molecule has 8 nitrogen and oxygen atoms in total. The van der Waals surface area contributed by atoms with Crippen molar-refractivity contribution in [3.05, 3.63) is 22.8 Å². The molecule has 1 fully saturated rings. The van der Waals surface area contributed by atoms with Gasteiger partial charge >= 0.3 is 0 Å². The Kier molecular flexibility index (Phi) is 4.62. The fourth-order valence-electron chi connectivity index (χ4n) is 2.98. The topological polar surface area (TPSA) is 158 Å². The van der Waals surface area contributed by atoms with Crippen molar-refractivity contribution < 1.29 is 18.0 Å². The number of hydrogen-bond donors (Lipinski definition) is 4. The highest BCUT2D eigenvalue weighted by atomic mass is 32.2. The van der Waals surface area contributed by atoms with Gasteiger partial charge in [-0.15, -0.1) is 0 Å². The van der Waals surface area contributed by atoms with Gasteiger partial charge in [0.25, 0.3) is 5.91 Å². The van der Waals surface area contributed by atoms with Crippen LogP contribution in [0.15, 0.2) is 11.0 Å². The number of nitrogens with two attached hydrogens (primary N) is 3. The highest BCUT2D eigenvalue weighted by molar-refractivity contribution is 7.90. The monoisotopic (exact) mass is 340 g/mol. The maximum absolute atomic E-state index is 12.1. The first-order valence-electron chi connectivity index (χ1n) is 7.11. The van der Waals surface area contributed by atoms with E-state index in [4.69, 9.17) is 17.2 Å². The van der Waals surface area contributed by atoms with Crippen LogP contribution in [0.1, 0.15) is 45.0 Å². The average molecular weight is 340 g/mol. The molecule has 0 saturated carbocycles. The van der Waals surface area contributed by atoms with E-state index in [0.717, 1.165) is 12.3 Å². The number of anilines is 1. The Hall–Kier alpha value is -2.13. The summed E-state index contributed by atoms with van der Waals surface area (Å²) in [5.41, 5.74) is 16.9. The molecule has 0 radical (unpaired) electrons. The maximum atomic E-state index is 12.1. The average Bonchev–Trinajstić information content (AvgIpc) is 2.45. The van der Waals surface area contributed by atoms with Gasteiger partial charge in [0, 0.05) is 11.9 Å². The first-order valence-corrected chi connectivity index (χ1v) is 9.00. The van der Waals surface area contributed by atoms with E-state index in [1.807, 2.05) is 0 Å². The summed E-state index contributed by atoms with van der Waals surface area (Å²) in [6, 6.07) is 1.04. The van der Waals surface area contributed by atoms with E-state index in [9.17, 15) is 18.0 Å². The molecule has 0 unspecified atom stereocenters. The van der Waals surface area contributed by atoms with Crippen LogP contribution in [0, 0.1) is 0 Å². The zero-order chi connectivity index (χ0) is 17.4. The molecule has 2 rings (SSSR count). The van der Waals surface area contributed by atoms with Gasteiger partial charge in [0.15, 0.2) is 9.84 Å². The number of hydrogen-bond acceptors (Lipinski definition) is 6. The lowest BCUT2D eigenvalue weighted by atomic mass is 9.84. The van der Waals surface area contributed by atoms with Crippen LogP contribution in [0.4, 0.5) is 5.69 Å². The summed E-state index contributed by atoms with van der Waals surface area (Å²) in [4.78, 5) is 23.3. The summed E-state index contributed by atoms with van der Waals surface area (Å²) >= 11 is 0. The SMILES string of the molecule is CS(=O)(=O)c1cc(C(N)=O)c(N)c(C2CCNCC2)c1C(N)=O. The van der Waals surface area contributed by atoms with Crippen LogP contribution in [0.5, 0.6) is 0 Å². The zero-order valence-electron chi connectivity index (χ0n) is 12.8. The first-order chi connectivity index (χ1) is 10.6. The summed E-state index contributed by atoms with van der Waals surface area (Å²) in [7, 11) is -3.79. The Labute approximate surface area is 134 Å². The van der Waals surface area contributed by atoms with Crippen molar-refractivity contribution in [3.8, 4) is 0 Å². The van der Waals surface area contributed by atoms with Crippen LogP contribution in [0.25, 0.3) is 0 Å². The van der Waals surface area contributed by atoms with Gasteiger partial charge in [-0.3, -0.25) is 9.59 Å².